The number of benzene rings is 2. The molecule has 3 aromatic rings. The molecule has 0 saturated heterocycles. The van der Waals surface area contributed by atoms with Crippen LogP contribution in [-0.4, -0.2) is 15.6 Å². The molecule has 0 fully saturated rings. The number of aryl methyl sites for hydroxylation is 1. The largest absolute Gasteiger partial charge is 0.493 e. The molecule has 5 nitrogen and oxygen atoms in total. The number of aromatic hydroxyl groups is 1. The van der Waals surface area contributed by atoms with E-state index in [1.54, 1.807) is 18.2 Å². The zero-order valence-corrected chi connectivity index (χ0v) is 15.4. The molecule has 0 aliphatic heterocycles. The molecule has 0 aliphatic carbocycles. The molecule has 0 bridgehead atoms. The summed E-state index contributed by atoms with van der Waals surface area (Å²) in [5.74, 6) is -0.421. The summed E-state index contributed by atoms with van der Waals surface area (Å²) in [5, 5.41) is 19.2. The van der Waals surface area contributed by atoms with Gasteiger partial charge in [-0.05, 0) is 40.5 Å². The van der Waals surface area contributed by atoms with Crippen LogP contribution < -0.4 is 0 Å². The molecule has 6 heteroatoms. The van der Waals surface area contributed by atoms with Crippen LogP contribution in [0, 0.1) is 0 Å². The summed E-state index contributed by atoms with van der Waals surface area (Å²) < 4.78 is 2.48. The third-order valence-electron chi connectivity index (χ3n) is 4.00. The van der Waals surface area contributed by atoms with E-state index in [0.717, 1.165) is 23.7 Å². The number of azo groups is 1. The molecular formula is C19H18BrN3O2. The van der Waals surface area contributed by atoms with Crippen molar-refractivity contribution in [1.29, 1.82) is 0 Å². The Bertz CT molecular complexity index is 947. The van der Waals surface area contributed by atoms with Crippen molar-refractivity contribution in [3.63, 3.8) is 0 Å². The predicted octanol–water partition coefficient (Wildman–Crippen LogP) is 5.83. The highest BCUT2D eigenvalue weighted by Gasteiger charge is 2.16. The molecule has 1 aromatic heterocycles. The highest BCUT2D eigenvalue weighted by molar-refractivity contribution is 9.10. The number of nitrogens with zero attached hydrogens (tertiary/aromatic N) is 3. The number of aromatic nitrogens is 1. The van der Waals surface area contributed by atoms with E-state index in [0.29, 0.717) is 22.3 Å². The molecule has 0 saturated carbocycles. The Morgan fingerprint density at radius 1 is 1.16 bits per heavy atom. The van der Waals surface area contributed by atoms with Crippen molar-refractivity contribution >= 4 is 38.4 Å². The van der Waals surface area contributed by atoms with Gasteiger partial charge in [0.2, 0.25) is 5.88 Å². The Hall–Kier alpha value is -2.47. The maximum atomic E-state index is 12.3. The lowest BCUT2D eigenvalue weighted by atomic mass is 10.2. The van der Waals surface area contributed by atoms with Gasteiger partial charge in [0.15, 0.2) is 5.69 Å². The molecule has 0 unspecified atom stereocenters. The van der Waals surface area contributed by atoms with Gasteiger partial charge >= 0.3 is 0 Å². The van der Waals surface area contributed by atoms with Crippen LogP contribution in [0.15, 0.2) is 63.2 Å². The monoisotopic (exact) mass is 399 g/mol. The lowest BCUT2D eigenvalue weighted by molar-refractivity contribution is 0.0994. The zero-order chi connectivity index (χ0) is 17.8. The summed E-state index contributed by atoms with van der Waals surface area (Å²) in [5.41, 5.74) is 1.64. The Balaban J connectivity index is 2.00. The first-order valence-electron chi connectivity index (χ1n) is 8.14. The van der Waals surface area contributed by atoms with Gasteiger partial charge in [0.1, 0.15) is 0 Å². The standard InChI is InChI=1S/C19H18BrN3O2/c1-2-3-12-23-16-11-7-5-9-14(16)17(19(23)25)21-22-18(24)13-8-4-6-10-15(13)20/h4-11,25H,2-3,12H2,1H3. The first kappa shape index (κ1) is 17.4. The van der Waals surface area contributed by atoms with E-state index >= 15 is 0 Å². The van der Waals surface area contributed by atoms with Gasteiger partial charge in [-0.25, -0.2) is 0 Å². The normalized spacial score (nSPS) is 11.4. The summed E-state index contributed by atoms with van der Waals surface area (Å²) in [7, 11) is 0. The Kier molecular flexibility index (Phi) is 5.28. The minimum Gasteiger partial charge on any atom is -0.493 e. The van der Waals surface area contributed by atoms with E-state index in [4.69, 9.17) is 0 Å². The third-order valence-corrected chi connectivity index (χ3v) is 4.69. The molecule has 128 valence electrons. The SMILES string of the molecule is CCCCn1c(O)c(N=NC(=O)c2ccccc2Br)c2ccccc21. The molecule has 0 spiro atoms. The summed E-state index contributed by atoms with van der Waals surface area (Å²) >= 11 is 3.33. The van der Waals surface area contributed by atoms with Crippen LogP contribution in [0.1, 0.15) is 30.1 Å². The third kappa shape index (κ3) is 3.49. The van der Waals surface area contributed by atoms with Gasteiger partial charge in [-0.1, -0.05) is 43.7 Å². The molecular weight excluding hydrogens is 382 g/mol. The second-order valence-corrected chi connectivity index (χ2v) is 6.53. The summed E-state index contributed by atoms with van der Waals surface area (Å²) in [6, 6.07) is 14.6. The van der Waals surface area contributed by atoms with Gasteiger partial charge < -0.3 is 9.67 Å². The number of carbonyl (C=O) groups excluding carboxylic acids is 1. The molecule has 0 aliphatic rings. The first-order chi connectivity index (χ1) is 12.1. The minimum atomic E-state index is -0.461. The molecule has 0 atom stereocenters. The summed E-state index contributed by atoms with van der Waals surface area (Å²) in [6.07, 6.45) is 1.96. The number of hydrogen-bond acceptors (Lipinski definition) is 3. The highest BCUT2D eigenvalue weighted by atomic mass is 79.9. The zero-order valence-electron chi connectivity index (χ0n) is 13.8. The molecule has 25 heavy (non-hydrogen) atoms. The van der Waals surface area contributed by atoms with Crippen molar-refractivity contribution < 1.29 is 9.90 Å². The summed E-state index contributed by atoms with van der Waals surface area (Å²) in [4.78, 5) is 12.3. The van der Waals surface area contributed by atoms with Crippen molar-refractivity contribution in [2.75, 3.05) is 0 Å². The Labute approximate surface area is 154 Å². The number of amides is 1. The minimum absolute atomic E-state index is 0.0401. The van der Waals surface area contributed by atoms with Crippen LogP contribution in [0.5, 0.6) is 5.88 Å². The van der Waals surface area contributed by atoms with Crippen LogP contribution >= 0.6 is 15.9 Å². The van der Waals surface area contributed by atoms with E-state index < -0.39 is 5.91 Å². The van der Waals surface area contributed by atoms with Gasteiger partial charge in [-0.15, -0.1) is 10.2 Å². The van der Waals surface area contributed by atoms with Crippen LogP contribution in [0.2, 0.25) is 0 Å². The van der Waals surface area contributed by atoms with Crippen LogP contribution in [0.25, 0.3) is 10.9 Å². The van der Waals surface area contributed by atoms with Crippen LogP contribution in [0.3, 0.4) is 0 Å². The topological polar surface area (TPSA) is 66.9 Å². The van der Waals surface area contributed by atoms with Gasteiger partial charge in [0.25, 0.3) is 5.91 Å². The second kappa shape index (κ2) is 7.61. The Morgan fingerprint density at radius 3 is 2.64 bits per heavy atom. The average molecular weight is 400 g/mol. The lowest BCUT2D eigenvalue weighted by Gasteiger charge is -2.05. The number of fused-ring (bicyclic) bond motifs is 1. The van der Waals surface area contributed by atoms with Crippen molar-refractivity contribution in [1.82, 2.24) is 4.57 Å². The van der Waals surface area contributed by atoms with Gasteiger partial charge in [0, 0.05) is 16.4 Å². The summed E-state index contributed by atoms with van der Waals surface area (Å²) in [6.45, 7) is 2.79. The van der Waals surface area contributed by atoms with Crippen molar-refractivity contribution in [2.24, 2.45) is 10.2 Å². The van der Waals surface area contributed by atoms with E-state index in [9.17, 15) is 9.90 Å². The highest BCUT2D eigenvalue weighted by Crippen LogP contribution is 2.39. The lowest BCUT2D eigenvalue weighted by Crippen LogP contribution is -1.96. The fraction of sp³-hybridized carbons (Fsp3) is 0.211. The fourth-order valence-corrected chi connectivity index (χ4v) is 3.15. The molecule has 1 heterocycles. The fourth-order valence-electron chi connectivity index (χ4n) is 2.70. The second-order valence-electron chi connectivity index (χ2n) is 5.68. The van der Waals surface area contributed by atoms with Crippen molar-refractivity contribution in [2.45, 2.75) is 26.3 Å². The number of carbonyl (C=O) groups is 1. The van der Waals surface area contributed by atoms with E-state index in [1.807, 2.05) is 34.9 Å². The quantitative estimate of drug-likeness (QED) is 0.548. The maximum absolute atomic E-state index is 12.3. The molecule has 1 amide bonds. The molecule has 2 aromatic carbocycles. The van der Waals surface area contributed by atoms with Crippen molar-refractivity contribution in [3.8, 4) is 5.88 Å². The number of halogens is 1. The first-order valence-corrected chi connectivity index (χ1v) is 8.93. The smallest absolute Gasteiger partial charge is 0.296 e. The van der Waals surface area contributed by atoms with E-state index in [-0.39, 0.29) is 5.88 Å². The van der Waals surface area contributed by atoms with Gasteiger partial charge in [0.05, 0.1) is 11.1 Å². The molecule has 0 radical (unpaired) electrons. The number of hydrogen-bond donors (Lipinski definition) is 1. The maximum Gasteiger partial charge on any atom is 0.296 e. The van der Waals surface area contributed by atoms with Gasteiger partial charge in [-0.2, -0.15) is 0 Å². The number of rotatable bonds is 5. The van der Waals surface area contributed by atoms with Crippen LogP contribution in [0.4, 0.5) is 5.69 Å². The van der Waals surface area contributed by atoms with E-state index in [1.165, 1.54) is 0 Å². The molecule has 1 N–H and O–H groups in total. The predicted molar refractivity (Wildman–Crippen MR) is 101 cm³/mol. The van der Waals surface area contributed by atoms with Gasteiger partial charge in [-0.3, -0.25) is 4.79 Å². The molecule has 3 rings (SSSR count). The number of unbranched alkanes of at least 4 members (excludes halogenated alkanes) is 1. The average Bonchev–Trinajstić information content (AvgIpc) is 2.89. The van der Waals surface area contributed by atoms with Crippen LogP contribution in [-0.2, 0) is 6.54 Å². The number of para-hydroxylation sites is 1. The Morgan fingerprint density at radius 2 is 1.88 bits per heavy atom. The van der Waals surface area contributed by atoms with Crippen molar-refractivity contribution in [3.05, 3.63) is 58.6 Å². The van der Waals surface area contributed by atoms with E-state index in [2.05, 4.69) is 33.1 Å².